The fraction of sp³-hybridized carbons (Fsp3) is 0. The van der Waals surface area contributed by atoms with Crippen molar-refractivity contribution in [3.63, 3.8) is 0 Å². The molecule has 10 aromatic rings. The van der Waals surface area contributed by atoms with E-state index in [2.05, 4.69) is 158 Å². The van der Waals surface area contributed by atoms with Crippen molar-refractivity contribution in [1.82, 2.24) is 24.9 Å². The van der Waals surface area contributed by atoms with E-state index in [4.69, 9.17) is 24.9 Å². The molecule has 0 aliphatic carbocycles. The van der Waals surface area contributed by atoms with E-state index in [9.17, 15) is 0 Å². The fourth-order valence-corrected chi connectivity index (χ4v) is 7.30. The SMILES string of the molecule is c1ccc(-c2ccc(-c3nc(-c4ccccc4)nc(-c4cccc(-c5cccc(-c6cc(-c7ccc8ccccc8c7)nc(-c7ccccc7)n6)c5)c4)n3)cc2)cc1. The smallest absolute Gasteiger partial charge is 0.164 e. The van der Waals surface area contributed by atoms with Crippen molar-refractivity contribution in [2.24, 2.45) is 0 Å². The van der Waals surface area contributed by atoms with Gasteiger partial charge in [0.15, 0.2) is 23.3 Å². The van der Waals surface area contributed by atoms with Gasteiger partial charge >= 0.3 is 0 Å². The maximum atomic E-state index is 5.12. The Morgan fingerprint density at radius 1 is 0.190 bits per heavy atom. The molecule has 272 valence electrons. The van der Waals surface area contributed by atoms with Crippen molar-refractivity contribution >= 4 is 10.8 Å². The van der Waals surface area contributed by atoms with Gasteiger partial charge in [0.25, 0.3) is 0 Å². The Labute approximate surface area is 337 Å². The average molecular weight is 742 g/mol. The Morgan fingerprint density at radius 3 is 1.16 bits per heavy atom. The topological polar surface area (TPSA) is 64.5 Å². The van der Waals surface area contributed by atoms with E-state index in [0.29, 0.717) is 23.3 Å². The summed E-state index contributed by atoms with van der Waals surface area (Å²) in [5, 5.41) is 2.37. The minimum absolute atomic E-state index is 0.609. The molecule has 0 saturated heterocycles. The van der Waals surface area contributed by atoms with Crippen LogP contribution in [0.15, 0.2) is 212 Å². The van der Waals surface area contributed by atoms with Crippen LogP contribution in [0.3, 0.4) is 0 Å². The van der Waals surface area contributed by atoms with Gasteiger partial charge in [-0.2, -0.15) is 0 Å². The first-order chi connectivity index (χ1) is 28.7. The van der Waals surface area contributed by atoms with Crippen molar-refractivity contribution in [2.45, 2.75) is 0 Å². The highest BCUT2D eigenvalue weighted by molar-refractivity contribution is 5.87. The first kappa shape index (κ1) is 34.6. The van der Waals surface area contributed by atoms with Crippen LogP contribution in [0.25, 0.3) is 101 Å². The van der Waals surface area contributed by atoms with Crippen LogP contribution in [0.4, 0.5) is 0 Å². The highest BCUT2D eigenvalue weighted by Gasteiger charge is 2.15. The van der Waals surface area contributed by atoms with Crippen LogP contribution in [-0.2, 0) is 0 Å². The summed E-state index contributed by atoms with van der Waals surface area (Å²) in [5.74, 6) is 2.54. The van der Waals surface area contributed by atoms with Crippen LogP contribution in [0.2, 0.25) is 0 Å². The Kier molecular flexibility index (Phi) is 9.14. The summed E-state index contributed by atoms with van der Waals surface area (Å²) in [4.78, 5) is 25.2. The molecule has 0 aliphatic rings. The maximum absolute atomic E-state index is 5.12. The van der Waals surface area contributed by atoms with E-state index >= 15 is 0 Å². The predicted molar refractivity (Wildman–Crippen MR) is 236 cm³/mol. The van der Waals surface area contributed by atoms with Gasteiger partial charge in [0.05, 0.1) is 11.4 Å². The van der Waals surface area contributed by atoms with Crippen LogP contribution in [0.1, 0.15) is 0 Å². The number of fused-ring (bicyclic) bond motifs is 1. The molecule has 0 fully saturated rings. The molecule has 0 radical (unpaired) electrons. The molecule has 0 atom stereocenters. The second-order valence-electron chi connectivity index (χ2n) is 14.2. The van der Waals surface area contributed by atoms with Gasteiger partial charge in [-0.05, 0) is 57.3 Å². The summed E-state index contributed by atoms with van der Waals surface area (Å²) in [6.07, 6.45) is 0. The van der Waals surface area contributed by atoms with Gasteiger partial charge in [-0.15, -0.1) is 0 Å². The summed E-state index contributed by atoms with van der Waals surface area (Å²) in [6, 6.07) is 73.0. The maximum Gasteiger partial charge on any atom is 0.164 e. The standard InChI is InChI=1S/C53H35N5/c1-4-14-36(15-5-1)38-26-29-41(30-27-38)52-56-51(40-19-8-3-9-20-40)57-53(58-52)47-25-13-23-44(34-47)43-22-12-24-45(33-43)48-35-49(55-50(54-48)39-17-6-2-7-18-39)46-31-28-37-16-10-11-21-42(37)32-46/h1-35H. The van der Waals surface area contributed by atoms with Crippen molar-refractivity contribution in [1.29, 1.82) is 0 Å². The lowest BCUT2D eigenvalue weighted by Crippen LogP contribution is -2.00. The van der Waals surface area contributed by atoms with E-state index < -0.39 is 0 Å². The van der Waals surface area contributed by atoms with E-state index in [-0.39, 0.29) is 0 Å². The molecule has 0 amide bonds. The number of aromatic nitrogens is 5. The van der Waals surface area contributed by atoms with Gasteiger partial charge < -0.3 is 0 Å². The third-order valence-corrected chi connectivity index (χ3v) is 10.3. The molecule has 0 unspecified atom stereocenters. The van der Waals surface area contributed by atoms with Crippen molar-refractivity contribution in [3.8, 4) is 90.3 Å². The lowest BCUT2D eigenvalue weighted by atomic mass is 9.98. The molecule has 10 rings (SSSR count). The Hall–Kier alpha value is -7.89. The molecule has 58 heavy (non-hydrogen) atoms. The minimum Gasteiger partial charge on any atom is -0.228 e. The van der Waals surface area contributed by atoms with Gasteiger partial charge in [-0.1, -0.05) is 188 Å². The third-order valence-electron chi connectivity index (χ3n) is 10.3. The first-order valence-corrected chi connectivity index (χ1v) is 19.3. The lowest BCUT2D eigenvalue weighted by Gasteiger charge is -2.12. The van der Waals surface area contributed by atoms with E-state index in [1.807, 2.05) is 54.6 Å². The highest BCUT2D eigenvalue weighted by atomic mass is 15.0. The normalized spacial score (nSPS) is 11.1. The van der Waals surface area contributed by atoms with Crippen molar-refractivity contribution in [2.75, 3.05) is 0 Å². The quantitative estimate of drug-likeness (QED) is 0.155. The molecule has 5 heteroatoms. The molecule has 0 bridgehead atoms. The predicted octanol–water partition coefficient (Wildman–Crippen LogP) is 13.2. The van der Waals surface area contributed by atoms with Gasteiger partial charge in [0, 0.05) is 33.4 Å². The van der Waals surface area contributed by atoms with Crippen LogP contribution in [0, 0.1) is 0 Å². The summed E-state index contributed by atoms with van der Waals surface area (Å²) < 4.78 is 0. The number of hydrogen-bond acceptors (Lipinski definition) is 5. The van der Waals surface area contributed by atoms with E-state index in [1.165, 1.54) is 10.8 Å². The number of benzene rings is 8. The molecule has 0 saturated carbocycles. The summed E-state index contributed by atoms with van der Waals surface area (Å²) in [5.41, 5.74) is 11.9. The lowest BCUT2D eigenvalue weighted by molar-refractivity contribution is 1.07. The highest BCUT2D eigenvalue weighted by Crippen LogP contribution is 2.33. The Balaban J connectivity index is 1.04. The van der Waals surface area contributed by atoms with Crippen LogP contribution < -0.4 is 0 Å². The van der Waals surface area contributed by atoms with Crippen molar-refractivity contribution in [3.05, 3.63) is 212 Å². The van der Waals surface area contributed by atoms with E-state index in [1.54, 1.807) is 0 Å². The van der Waals surface area contributed by atoms with Crippen LogP contribution >= 0.6 is 0 Å². The van der Waals surface area contributed by atoms with Gasteiger partial charge in [0.2, 0.25) is 0 Å². The minimum atomic E-state index is 0.609. The van der Waals surface area contributed by atoms with Crippen LogP contribution in [-0.4, -0.2) is 24.9 Å². The molecule has 0 aliphatic heterocycles. The largest absolute Gasteiger partial charge is 0.228 e. The monoisotopic (exact) mass is 741 g/mol. The van der Waals surface area contributed by atoms with Crippen LogP contribution in [0.5, 0.6) is 0 Å². The average Bonchev–Trinajstić information content (AvgIpc) is 3.32. The second kappa shape index (κ2) is 15.3. The molecular formula is C53H35N5. The number of rotatable bonds is 8. The van der Waals surface area contributed by atoms with Gasteiger partial charge in [-0.3, -0.25) is 0 Å². The molecule has 5 nitrogen and oxygen atoms in total. The molecule has 8 aromatic carbocycles. The zero-order valence-corrected chi connectivity index (χ0v) is 31.4. The summed E-state index contributed by atoms with van der Waals surface area (Å²) >= 11 is 0. The fourth-order valence-electron chi connectivity index (χ4n) is 7.30. The Morgan fingerprint density at radius 2 is 0.552 bits per heavy atom. The van der Waals surface area contributed by atoms with E-state index in [0.717, 1.165) is 67.0 Å². The van der Waals surface area contributed by atoms with Crippen molar-refractivity contribution < 1.29 is 0 Å². The number of nitrogens with zero attached hydrogens (tertiary/aromatic N) is 5. The molecule has 0 N–H and O–H groups in total. The molecular weight excluding hydrogens is 707 g/mol. The first-order valence-electron chi connectivity index (χ1n) is 19.3. The number of hydrogen-bond donors (Lipinski definition) is 0. The Bertz CT molecular complexity index is 3040. The zero-order chi connectivity index (χ0) is 38.7. The zero-order valence-electron chi connectivity index (χ0n) is 31.4. The third kappa shape index (κ3) is 7.16. The van der Waals surface area contributed by atoms with Gasteiger partial charge in [0.1, 0.15) is 0 Å². The summed E-state index contributed by atoms with van der Waals surface area (Å²) in [6.45, 7) is 0. The van der Waals surface area contributed by atoms with Gasteiger partial charge in [-0.25, -0.2) is 24.9 Å². The summed E-state index contributed by atoms with van der Waals surface area (Å²) in [7, 11) is 0. The second-order valence-corrected chi connectivity index (χ2v) is 14.2. The molecule has 2 aromatic heterocycles. The molecule has 0 spiro atoms. The molecule has 2 heterocycles.